The number of anilines is 1. The van der Waals surface area contributed by atoms with E-state index in [1.165, 1.54) is 6.42 Å². The summed E-state index contributed by atoms with van der Waals surface area (Å²) in [5.74, 6) is 2.20. The second-order valence-electron chi connectivity index (χ2n) is 3.74. The Bertz CT molecular complexity index is 279. The molecular formula is C10H17N3S. The average Bonchev–Trinajstić information content (AvgIpc) is 2.01. The lowest BCUT2D eigenvalue weighted by Crippen LogP contribution is -1.98. The summed E-state index contributed by atoms with van der Waals surface area (Å²) in [6.07, 6.45) is 1.20. The first-order chi connectivity index (χ1) is 6.58. The van der Waals surface area contributed by atoms with Crippen LogP contribution in [0.2, 0.25) is 0 Å². The van der Waals surface area contributed by atoms with Crippen molar-refractivity contribution < 1.29 is 0 Å². The molecule has 78 valence electrons. The van der Waals surface area contributed by atoms with E-state index in [0.717, 1.165) is 22.4 Å². The Morgan fingerprint density at radius 2 is 2.14 bits per heavy atom. The molecule has 0 saturated carbocycles. The van der Waals surface area contributed by atoms with Crippen LogP contribution in [0.4, 0.5) is 5.95 Å². The number of aryl methyl sites for hydroxylation is 1. The Kier molecular flexibility index (Phi) is 4.20. The molecule has 0 aliphatic carbocycles. The number of nitrogens with zero attached hydrogens (tertiary/aromatic N) is 2. The van der Waals surface area contributed by atoms with Crippen LogP contribution in [-0.4, -0.2) is 15.7 Å². The van der Waals surface area contributed by atoms with Gasteiger partial charge in [0.2, 0.25) is 5.95 Å². The molecule has 0 unspecified atom stereocenters. The van der Waals surface area contributed by atoms with E-state index in [1.807, 2.05) is 13.0 Å². The van der Waals surface area contributed by atoms with Gasteiger partial charge in [-0.3, -0.25) is 0 Å². The zero-order chi connectivity index (χ0) is 10.6. The van der Waals surface area contributed by atoms with E-state index in [9.17, 15) is 0 Å². The van der Waals surface area contributed by atoms with Crippen molar-refractivity contribution in [3.05, 3.63) is 11.8 Å². The van der Waals surface area contributed by atoms with Crippen LogP contribution in [0.1, 0.15) is 26.0 Å². The summed E-state index contributed by atoms with van der Waals surface area (Å²) < 4.78 is 0. The fraction of sp³-hybridized carbons (Fsp3) is 0.600. The molecule has 0 amide bonds. The maximum Gasteiger partial charge on any atom is 0.221 e. The Morgan fingerprint density at radius 1 is 1.43 bits per heavy atom. The van der Waals surface area contributed by atoms with Crippen LogP contribution in [0.25, 0.3) is 0 Å². The minimum Gasteiger partial charge on any atom is -0.368 e. The maximum atomic E-state index is 5.56. The van der Waals surface area contributed by atoms with Crippen molar-refractivity contribution in [3.63, 3.8) is 0 Å². The fourth-order valence-corrected chi connectivity index (χ4v) is 2.25. The van der Waals surface area contributed by atoms with Crippen molar-refractivity contribution in [2.45, 2.75) is 32.2 Å². The fourth-order valence-electron chi connectivity index (χ4n) is 1.03. The highest BCUT2D eigenvalue weighted by Crippen LogP contribution is 2.19. The lowest BCUT2D eigenvalue weighted by Gasteiger charge is -2.04. The lowest BCUT2D eigenvalue weighted by molar-refractivity contribution is 0.632. The number of hydrogen-bond acceptors (Lipinski definition) is 4. The largest absolute Gasteiger partial charge is 0.368 e. The van der Waals surface area contributed by atoms with Gasteiger partial charge in [0, 0.05) is 5.69 Å². The highest BCUT2D eigenvalue weighted by Gasteiger charge is 2.01. The SMILES string of the molecule is Cc1cc(SCCC(C)C)nc(N)n1. The zero-order valence-electron chi connectivity index (χ0n) is 8.95. The van der Waals surface area contributed by atoms with Gasteiger partial charge in [0.1, 0.15) is 5.03 Å². The van der Waals surface area contributed by atoms with E-state index in [1.54, 1.807) is 11.8 Å². The molecule has 1 aromatic heterocycles. The van der Waals surface area contributed by atoms with E-state index < -0.39 is 0 Å². The number of thioether (sulfide) groups is 1. The van der Waals surface area contributed by atoms with E-state index in [0.29, 0.717) is 5.95 Å². The summed E-state index contributed by atoms with van der Waals surface area (Å²) in [5, 5.41) is 0.982. The molecule has 1 rings (SSSR count). The van der Waals surface area contributed by atoms with Crippen molar-refractivity contribution in [3.8, 4) is 0 Å². The smallest absolute Gasteiger partial charge is 0.221 e. The number of nitrogen functional groups attached to an aromatic ring is 1. The van der Waals surface area contributed by atoms with Gasteiger partial charge in [0.05, 0.1) is 0 Å². The van der Waals surface area contributed by atoms with Gasteiger partial charge in [0.15, 0.2) is 0 Å². The molecule has 0 aliphatic heterocycles. The number of nitrogens with two attached hydrogens (primary N) is 1. The molecule has 0 spiro atoms. The lowest BCUT2D eigenvalue weighted by atomic mass is 10.2. The highest BCUT2D eigenvalue weighted by molar-refractivity contribution is 7.99. The van der Waals surface area contributed by atoms with E-state index >= 15 is 0 Å². The summed E-state index contributed by atoms with van der Waals surface area (Å²) in [4.78, 5) is 8.19. The predicted molar refractivity (Wildman–Crippen MR) is 61.4 cm³/mol. The van der Waals surface area contributed by atoms with E-state index in [2.05, 4.69) is 23.8 Å². The summed E-state index contributed by atoms with van der Waals surface area (Å²) in [6, 6.07) is 1.97. The second kappa shape index (κ2) is 5.20. The molecule has 3 nitrogen and oxygen atoms in total. The summed E-state index contributed by atoms with van der Waals surface area (Å²) in [6.45, 7) is 6.38. The topological polar surface area (TPSA) is 51.8 Å². The standard InChI is InChI=1S/C10H17N3S/c1-7(2)4-5-14-9-6-8(3)12-10(11)13-9/h6-7H,4-5H2,1-3H3,(H2,11,12,13). The van der Waals surface area contributed by atoms with Crippen molar-refractivity contribution in [1.82, 2.24) is 9.97 Å². The molecule has 0 fully saturated rings. The van der Waals surface area contributed by atoms with Gasteiger partial charge in [-0.1, -0.05) is 13.8 Å². The van der Waals surface area contributed by atoms with Gasteiger partial charge >= 0.3 is 0 Å². The third-order valence-corrected chi connectivity index (χ3v) is 2.74. The van der Waals surface area contributed by atoms with Crippen LogP contribution >= 0.6 is 11.8 Å². The van der Waals surface area contributed by atoms with Gasteiger partial charge in [0.25, 0.3) is 0 Å². The summed E-state index contributed by atoms with van der Waals surface area (Å²) in [5.41, 5.74) is 6.49. The molecule has 0 radical (unpaired) electrons. The number of hydrogen-bond donors (Lipinski definition) is 1. The Labute approximate surface area is 89.5 Å². The molecule has 14 heavy (non-hydrogen) atoms. The van der Waals surface area contributed by atoms with E-state index in [4.69, 9.17) is 5.73 Å². The van der Waals surface area contributed by atoms with Gasteiger partial charge in [-0.15, -0.1) is 11.8 Å². The second-order valence-corrected chi connectivity index (χ2v) is 4.85. The predicted octanol–water partition coefficient (Wildman–Crippen LogP) is 2.51. The first-order valence-electron chi connectivity index (χ1n) is 4.82. The maximum absolute atomic E-state index is 5.56. The van der Waals surface area contributed by atoms with Crippen LogP contribution in [0.3, 0.4) is 0 Å². The third-order valence-electron chi connectivity index (χ3n) is 1.79. The van der Waals surface area contributed by atoms with Crippen molar-refractivity contribution in [1.29, 1.82) is 0 Å². The van der Waals surface area contributed by atoms with Gasteiger partial charge < -0.3 is 5.73 Å². The molecule has 0 aliphatic rings. The van der Waals surface area contributed by atoms with Crippen LogP contribution in [0.5, 0.6) is 0 Å². The zero-order valence-corrected chi connectivity index (χ0v) is 9.77. The highest BCUT2D eigenvalue weighted by atomic mass is 32.2. The molecule has 0 bridgehead atoms. The van der Waals surface area contributed by atoms with Crippen molar-refractivity contribution in [2.75, 3.05) is 11.5 Å². The Morgan fingerprint density at radius 3 is 2.71 bits per heavy atom. The quantitative estimate of drug-likeness (QED) is 0.614. The molecule has 2 N–H and O–H groups in total. The monoisotopic (exact) mass is 211 g/mol. The van der Waals surface area contributed by atoms with Crippen LogP contribution in [0, 0.1) is 12.8 Å². The average molecular weight is 211 g/mol. The first-order valence-corrected chi connectivity index (χ1v) is 5.80. The summed E-state index contributed by atoms with van der Waals surface area (Å²) >= 11 is 1.75. The number of rotatable bonds is 4. The van der Waals surface area contributed by atoms with Crippen LogP contribution in [-0.2, 0) is 0 Å². The first kappa shape index (κ1) is 11.3. The molecule has 1 heterocycles. The minimum atomic E-state index is 0.372. The Hall–Kier alpha value is -0.770. The molecule has 4 heteroatoms. The molecule has 1 aromatic rings. The molecule has 0 aromatic carbocycles. The minimum absolute atomic E-state index is 0.372. The molecular weight excluding hydrogens is 194 g/mol. The van der Waals surface area contributed by atoms with Crippen molar-refractivity contribution in [2.24, 2.45) is 5.92 Å². The Balaban J connectivity index is 2.50. The molecule has 0 atom stereocenters. The normalized spacial score (nSPS) is 10.9. The summed E-state index contributed by atoms with van der Waals surface area (Å²) in [7, 11) is 0. The van der Waals surface area contributed by atoms with Gasteiger partial charge in [-0.2, -0.15) is 0 Å². The molecule has 0 saturated heterocycles. The van der Waals surface area contributed by atoms with Gasteiger partial charge in [-0.05, 0) is 31.1 Å². The van der Waals surface area contributed by atoms with E-state index in [-0.39, 0.29) is 0 Å². The third kappa shape index (κ3) is 3.96. The number of aromatic nitrogens is 2. The van der Waals surface area contributed by atoms with Crippen molar-refractivity contribution >= 4 is 17.7 Å². The van der Waals surface area contributed by atoms with Gasteiger partial charge in [-0.25, -0.2) is 9.97 Å². The van der Waals surface area contributed by atoms with Crippen LogP contribution in [0.15, 0.2) is 11.1 Å². The van der Waals surface area contributed by atoms with Crippen LogP contribution < -0.4 is 5.73 Å².